The van der Waals surface area contributed by atoms with Gasteiger partial charge in [-0.2, -0.15) is 0 Å². The molecule has 0 bridgehead atoms. The molecule has 0 atom stereocenters. The van der Waals surface area contributed by atoms with Crippen molar-refractivity contribution in [3.63, 3.8) is 0 Å². The molecular formula is C16H18O2. The molecule has 0 aromatic carbocycles. The standard InChI is InChI=1S/C16H18O2/c1-2-3-4-5-8-11-14-18-16(17)15-12-9-6-7-10-13-15/h2,6-7,9-10,12-13,15H,1,3-5,14H2. The van der Waals surface area contributed by atoms with Gasteiger partial charge in [-0.05, 0) is 12.8 Å². The molecule has 0 fully saturated rings. The predicted octanol–water partition coefficient (Wildman–Crippen LogP) is 3.19. The minimum absolute atomic E-state index is 0.165. The smallest absolute Gasteiger partial charge is 0.317 e. The molecule has 0 aromatic rings. The third kappa shape index (κ3) is 5.91. The highest BCUT2D eigenvalue weighted by atomic mass is 16.5. The van der Waals surface area contributed by atoms with Crippen molar-refractivity contribution in [3.05, 3.63) is 49.1 Å². The van der Waals surface area contributed by atoms with Gasteiger partial charge in [-0.3, -0.25) is 4.79 Å². The lowest BCUT2D eigenvalue weighted by atomic mass is 10.1. The first-order chi connectivity index (χ1) is 8.84. The van der Waals surface area contributed by atoms with Crippen LogP contribution in [0.15, 0.2) is 49.1 Å². The van der Waals surface area contributed by atoms with E-state index in [1.807, 2.05) is 30.4 Å². The summed E-state index contributed by atoms with van der Waals surface area (Å²) < 4.78 is 5.08. The molecule has 0 aromatic heterocycles. The molecule has 0 N–H and O–H groups in total. The predicted molar refractivity (Wildman–Crippen MR) is 73.7 cm³/mol. The highest BCUT2D eigenvalue weighted by Crippen LogP contribution is 2.07. The largest absolute Gasteiger partial charge is 0.452 e. The number of hydrogen-bond donors (Lipinski definition) is 0. The molecule has 1 rings (SSSR count). The summed E-state index contributed by atoms with van der Waals surface area (Å²) in [6, 6.07) is 0. The van der Waals surface area contributed by atoms with E-state index in [0.717, 1.165) is 19.3 Å². The van der Waals surface area contributed by atoms with Crippen LogP contribution in [-0.2, 0) is 9.53 Å². The molecule has 1 aliphatic carbocycles. The average Bonchev–Trinajstić information content (AvgIpc) is 2.66. The lowest BCUT2D eigenvalue weighted by molar-refractivity contribution is -0.143. The first-order valence-electron chi connectivity index (χ1n) is 6.09. The number of esters is 1. The van der Waals surface area contributed by atoms with Crippen LogP contribution in [0, 0.1) is 17.8 Å². The zero-order valence-electron chi connectivity index (χ0n) is 10.5. The van der Waals surface area contributed by atoms with Gasteiger partial charge in [-0.15, -0.1) is 6.58 Å². The minimum Gasteiger partial charge on any atom is -0.452 e. The van der Waals surface area contributed by atoms with Crippen LogP contribution in [0.1, 0.15) is 19.3 Å². The summed E-state index contributed by atoms with van der Waals surface area (Å²) in [5, 5.41) is 0. The first kappa shape index (κ1) is 14.1. The van der Waals surface area contributed by atoms with Gasteiger partial charge in [-0.25, -0.2) is 0 Å². The van der Waals surface area contributed by atoms with Crippen molar-refractivity contribution < 1.29 is 9.53 Å². The number of unbranched alkanes of at least 4 members (excludes halogenated alkanes) is 2. The molecule has 0 aliphatic heterocycles. The number of rotatable bonds is 5. The van der Waals surface area contributed by atoms with Crippen molar-refractivity contribution in [2.45, 2.75) is 19.3 Å². The number of hydrogen-bond acceptors (Lipinski definition) is 2. The Labute approximate surface area is 109 Å². The normalized spacial score (nSPS) is 13.6. The van der Waals surface area contributed by atoms with Crippen molar-refractivity contribution in [1.82, 2.24) is 0 Å². The van der Waals surface area contributed by atoms with Crippen LogP contribution in [0.5, 0.6) is 0 Å². The second-order valence-corrected chi connectivity index (χ2v) is 3.82. The summed E-state index contributed by atoms with van der Waals surface area (Å²) >= 11 is 0. The van der Waals surface area contributed by atoms with Crippen LogP contribution in [-0.4, -0.2) is 12.6 Å². The Kier molecular flexibility index (Phi) is 7.08. The van der Waals surface area contributed by atoms with Crippen molar-refractivity contribution in [1.29, 1.82) is 0 Å². The maximum atomic E-state index is 11.7. The molecule has 18 heavy (non-hydrogen) atoms. The van der Waals surface area contributed by atoms with Gasteiger partial charge in [0.25, 0.3) is 0 Å². The SMILES string of the molecule is C=CCCCC#CCOC(=O)C1C=CC=CC=C1. The molecule has 0 amide bonds. The van der Waals surface area contributed by atoms with E-state index in [1.165, 1.54) is 0 Å². The van der Waals surface area contributed by atoms with E-state index in [4.69, 9.17) is 4.74 Å². The van der Waals surface area contributed by atoms with E-state index < -0.39 is 0 Å². The van der Waals surface area contributed by atoms with Crippen LogP contribution < -0.4 is 0 Å². The van der Waals surface area contributed by atoms with Gasteiger partial charge < -0.3 is 4.74 Å². The average molecular weight is 242 g/mol. The Hall–Kier alpha value is -2.01. The van der Waals surface area contributed by atoms with Crippen LogP contribution in [0.3, 0.4) is 0 Å². The molecule has 2 heteroatoms. The molecule has 0 spiro atoms. The van der Waals surface area contributed by atoms with Gasteiger partial charge in [0.2, 0.25) is 0 Å². The Balaban J connectivity index is 2.22. The van der Waals surface area contributed by atoms with E-state index in [0.29, 0.717) is 0 Å². The molecular weight excluding hydrogens is 224 g/mol. The van der Waals surface area contributed by atoms with Gasteiger partial charge in [0.05, 0.1) is 5.92 Å². The number of allylic oxidation sites excluding steroid dienone is 5. The maximum absolute atomic E-state index is 11.7. The summed E-state index contributed by atoms with van der Waals surface area (Å²) in [6.07, 6.45) is 15.7. The van der Waals surface area contributed by atoms with Gasteiger partial charge >= 0.3 is 5.97 Å². The molecule has 0 radical (unpaired) electrons. The Morgan fingerprint density at radius 3 is 2.61 bits per heavy atom. The van der Waals surface area contributed by atoms with Crippen LogP contribution >= 0.6 is 0 Å². The zero-order chi connectivity index (χ0) is 13.1. The van der Waals surface area contributed by atoms with E-state index in [1.54, 1.807) is 12.2 Å². The van der Waals surface area contributed by atoms with Crippen molar-refractivity contribution in [3.8, 4) is 11.8 Å². The lowest BCUT2D eigenvalue weighted by Gasteiger charge is -2.05. The highest BCUT2D eigenvalue weighted by Gasteiger charge is 2.12. The molecule has 2 nitrogen and oxygen atoms in total. The Morgan fingerprint density at radius 2 is 1.94 bits per heavy atom. The maximum Gasteiger partial charge on any atom is 0.317 e. The second kappa shape index (κ2) is 9.07. The number of carbonyl (C=O) groups excluding carboxylic acids is 1. The van der Waals surface area contributed by atoms with Gasteiger partial charge in [0, 0.05) is 6.42 Å². The zero-order valence-corrected chi connectivity index (χ0v) is 10.5. The quantitative estimate of drug-likeness (QED) is 0.320. The second-order valence-electron chi connectivity index (χ2n) is 3.82. The third-order valence-corrected chi connectivity index (χ3v) is 2.36. The third-order valence-electron chi connectivity index (χ3n) is 2.36. The minimum atomic E-state index is -0.303. The number of ether oxygens (including phenoxy) is 1. The topological polar surface area (TPSA) is 26.3 Å². The van der Waals surface area contributed by atoms with E-state index in [-0.39, 0.29) is 18.5 Å². The fraction of sp³-hybridized carbons (Fsp3) is 0.312. The summed E-state index contributed by atoms with van der Waals surface area (Å²) in [7, 11) is 0. The Morgan fingerprint density at radius 1 is 1.22 bits per heavy atom. The van der Waals surface area contributed by atoms with Gasteiger partial charge in [-0.1, -0.05) is 54.4 Å². The van der Waals surface area contributed by atoms with E-state index in [2.05, 4.69) is 18.4 Å². The highest BCUT2D eigenvalue weighted by molar-refractivity contribution is 5.77. The summed E-state index contributed by atoms with van der Waals surface area (Å²) in [5.41, 5.74) is 0. The number of carbonyl (C=O) groups is 1. The lowest BCUT2D eigenvalue weighted by Crippen LogP contribution is -2.13. The monoisotopic (exact) mass is 242 g/mol. The molecule has 0 unspecified atom stereocenters. The fourth-order valence-corrected chi connectivity index (χ4v) is 1.39. The summed E-state index contributed by atoms with van der Waals surface area (Å²) in [5.74, 6) is 5.25. The first-order valence-corrected chi connectivity index (χ1v) is 6.09. The van der Waals surface area contributed by atoms with Crippen LogP contribution in [0.4, 0.5) is 0 Å². The van der Waals surface area contributed by atoms with E-state index in [9.17, 15) is 4.79 Å². The summed E-state index contributed by atoms with van der Waals surface area (Å²) in [4.78, 5) is 11.7. The molecule has 1 aliphatic rings. The molecule has 0 saturated carbocycles. The molecule has 0 heterocycles. The van der Waals surface area contributed by atoms with Crippen molar-refractivity contribution in [2.75, 3.05) is 6.61 Å². The molecule has 0 saturated heterocycles. The van der Waals surface area contributed by atoms with Gasteiger partial charge in [0.15, 0.2) is 6.61 Å². The van der Waals surface area contributed by atoms with Gasteiger partial charge in [0.1, 0.15) is 0 Å². The van der Waals surface area contributed by atoms with E-state index >= 15 is 0 Å². The fourth-order valence-electron chi connectivity index (χ4n) is 1.39. The molecule has 94 valence electrons. The van der Waals surface area contributed by atoms with Crippen molar-refractivity contribution in [2.24, 2.45) is 5.92 Å². The van der Waals surface area contributed by atoms with Crippen LogP contribution in [0.2, 0.25) is 0 Å². The van der Waals surface area contributed by atoms with Crippen molar-refractivity contribution >= 4 is 5.97 Å². The van der Waals surface area contributed by atoms with Crippen LogP contribution in [0.25, 0.3) is 0 Å². The summed E-state index contributed by atoms with van der Waals surface area (Å²) in [6.45, 7) is 3.81. The Bertz CT molecular complexity index is 400.